The van der Waals surface area contributed by atoms with Gasteiger partial charge >= 0.3 is 12.2 Å². The number of hydrogen-bond acceptors (Lipinski definition) is 5. The number of amides is 2. The van der Waals surface area contributed by atoms with Crippen LogP contribution in [0.4, 0.5) is 15.5 Å². The van der Waals surface area contributed by atoms with E-state index in [2.05, 4.69) is 15.3 Å². The number of fused-ring (bicyclic) bond motifs is 1. The number of anilines is 1. The number of para-hydroxylation sites is 1. The van der Waals surface area contributed by atoms with E-state index in [4.69, 9.17) is 9.84 Å². The normalized spacial score (nSPS) is 18.2. The van der Waals surface area contributed by atoms with Crippen LogP contribution in [0.15, 0.2) is 54.6 Å². The number of nitrogens with zero attached hydrogens (tertiary/aromatic N) is 3. The van der Waals surface area contributed by atoms with Gasteiger partial charge in [0.05, 0.1) is 11.2 Å². The van der Waals surface area contributed by atoms with E-state index in [-0.39, 0.29) is 24.6 Å². The Hall–Kier alpha value is -3.68. The third-order valence-electron chi connectivity index (χ3n) is 5.74. The summed E-state index contributed by atoms with van der Waals surface area (Å²) in [6, 6.07) is 16.6. The van der Waals surface area contributed by atoms with Gasteiger partial charge in [0, 0.05) is 17.5 Å². The number of rotatable bonds is 5. The van der Waals surface area contributed by atoms with Crippen molar-refractivity contribution < 1.29 is 19.4 Å². The zero-order valence-electron chi connectivity index (χ0n) is 17.9. The van der Waals surface area contributed by atoms with Crippen molar-refractivity contribution in [2.75, 3.05) is 4.90 Å². The summed E-state index contributed by atoms with van der Waals surface area (Å²) in [6.45, 7) is 2.02. The molecule has 32 heavy (non-hydrogen) atoms. The van der Waals surface area contributed by atoms with Crippen molar-refractivity contribution in [2.24, 2.45) is 0 Å². The lowest BCUT2D eigenvalue weighted by Gasteiger charge is -2.35. The van der Waals surface area contributed by atoms with Gasteiger partial charge in [0.2, 0.25) is 5.95 Å². The molecule has 2 amide bonds. The fourth-order valence-electron chi connectivity index (χ4n) is 4.21. The lowest BCUT2D eigenvalue weighted by atomic mass is 9.90. The second-order valence-corrected chi connectivity index (χ2v) is 8.00. The number of aromatic nitrogens is 2. The summed E-state index contributed by atoms with van der Waals surface area (Å²) >= 11 is 0. The van der Waals surface area contributed by atoms with Gasteiger partial charge in [-0.2, -0.15) is 0 Å². The SMILES string of the molecule is Cc1nc(N(C(=O)OCc2ccccc2)C2CCCC(NC(=O)O)C2)nc2ccccc12. The molecule has 2 N–H and O–H groups in total. The first-order valence-corrected chi connectivity index (χ1v) is 10.7. The maximum Gasteiger partial charge on any atom is 0.417 e. The van der Waals surface area contributed by atoms with Crippen LogP contribution in [-0.2, 0) is 11.3 Å². The predicted octanol–water partition coefficient (Wildman–Crippen LogP) is 4.66. The maximum atomic E-state index is 13.3. The summed E-state index contributed by atoms with van der Waals surface area (Å²) in [7, 11) is 0. The molecule has 1 heterocycles. The van der Waals surface area contributed by atoms with Crippen molar-refractivity contribution in [1.29, 1.82) is 0 Å². The minimum atomic E-state index is -1.06. The van der Waals surface area contributed by atoms with E-state index >= 15 is 0 Å². The largest absolute Gasteiger partial charge is 0.465 e. The van der Waals surface area contributed by atoms with Crippen LogP contribution in [0, 0.1) is 6.92 Å². The molecular formula is C24H26N4O4. The molecule has 1 fully saturated rings. The smallest absolute Gasteiger partial charge is 0.417 e. The van der Waals surface area contributed by atoms with E-state index < -0.39 is 12.2 Å². The second kappa shape index (κ2) is 9.64. The molecule has 0 bridgehead atoms. The summed E-state index contributed by atoms with van der Waals surface area (Å²) in [5, 5.41) is 12.6. The molecule has 1 aromatic heterocycles. The Morgan fingerprint density at radius 3 is 2.62 bits per heavy atom. The number of aryl methyl sites for hydroxylation is 1. The molecule has 0 saturated heterocycles. The van der Waals surface area contributed by atoms with Crippen LogP contribution in [0.2, 0.25) is 0 Å². The summed E-state index contributed by atoms with van der Waals surface area (Å²) in [5.41, 5.74) is 2.39. The first kappa shape index (κ1) is 21.5. The third-order valence-corrected chi connectivity index (χ3v) is 5.74. The van der Waals surface area contributed by atoms with Crippen molar-refractivity contribution in [3.63, 3.8) is 0 Å². The first-order chi connectivity index (χ1) is 15.5. The highest BCUT2D eigenvalue weighted by Gasteiger charge is 2.34. The molecule has 2 atom stereocenters. The number of ether oxygens (including phenoxy) is 1. The Kier molecular flexibility index (Phi) is 6.49. The van der Waals surface area contributed by atoms with Crippen molar-refractivity contribution in [2.45, 2.75) is 51.3 Å². The van der Waals surface area contributed by atoms with Gasteiger partial charge in [-0.1, -0.05) is 48.5 Å². The van der Waals surface area contributed by atoms with Crippen LogP contribution in [0.5, 0.6) is 0 Å². The van der Waals surface area contributed by atoms with Crippen LogP contribution in [0.25, 0.3) is 10.9 Å². The zero-order chi connectivity index (χ0) is 22.5. The molecule has 0 spiro atoms. The van der Waals surface area contributed by atoms with Gasteiger partial charge in [0.25, 0.3) is 0 Å². The van der Waals surface area contributed by atoms with Crippen molar-refractivity contribution in [3.05, 3.63) is 65.9 Å². The molecule has 8 heteroatoms. The number of carbonyl (C=O) groups excluding carboxylic acids is 1. The molecule has 2 unspecified atom stereocenters. The lowest BCUT2D eigenvalue weighted by molar-refractivity contribution is 0.141. The average Bonchev–Trinajstić information content (AvgIpc) is 2.78. The molecule has 1 aliphatic carbocycles. The van der Waals surface area contributed by atoms with Gasteiger partial charge in [-0.05, 0) is 44.2 Å². The van der Waals surface area contributed by atoms with E-state index in [0.717, 1.165) is 35.0 Å². The molecule has 166 valence electrons. The Labute approximate surface area is 186 Å². The Morgan fingerprint density at radius 2 is 1.84 bits per heavy atom. The monoisotopic (exact) mass is 434 g/mol. The van der Waals surface area contributed by atoms with Crippen molar-refractivity contribution in [3.8, 4) is 0 Å². The van der Waals surface area contributed by atoms with Crippen LogP contribution in [-0.4, -0.2) is 39.3 Å². The van der Waals surface area contributed by atoms with E-state index in [1.807, 2.05) is 61.5 Å². The van der Waals surface area contributed by atoms with Gasteiger partial charge in [-0.3, -0.25) is 0 Å². The standard InChI is InChI=1S/C24H26N4O4/c1-16-20-12-5-6-13-21(20)27-22(25-16)28(19-11-7-10-18(14-19)26-23(29)30)24(31)32-15-17-8-3-2-4-9-17/h2-6,8-9,12-13,18-19,26H,7,10-11,14-15H2,1H3,(H,29,30). The number of benzene rings is 2. The highest BCUT2D eigenvalue weighted by molar-refractivity contribution is 5.89. The fourth-order valence-corrected chi connectivity index (χ4v) is 4.21. The maximum absolute atomic E-state index is 13.3. The molecule has 1 aliphatic rings. The van der Waals surface area contributed by atoms with Crippen LogP contribution < -0.4 is 10.2 Å². The molecule has 0 aliphatic heterocycles. The van der Waals surface area contributed by atoms with Gasteiger partial charge in [-0.15, -0.1) is 0 Å². The minimum absolute atomic E-state index is 0.131. The third kappa shape index (κ3) is 4.96. The second-order valence-electron chi connectivity index (χ2n) is 8.00. The predicted molar refractivity (Wildman–Crippen MR) is 121 cm³/mol. The Morgan fingerprint density at radius 1 is 1.09 bits per heavy atom. The van der Waals surface area contributed by atoms with Gasteiger partial charge in [-0.25, -0.2) is 24.5 Å². The van der Waals surface area contributed by atoms with E-state index in [1.54, 1.807) is 0 Å². The van der Waals surface area contributed by atoms with Crippen LogP contribution >= 0.6 is 0 Å². The molecule has 1 saturated carbocycles. The fraction of sp³-hybridized carbons (Fsp3) is 0.333. The number of hydrogen-bond donors (Lipinski definition) is 2. The quantitative estimate of drug-likeness (QED) is 0.605. The molecule has 4 rings (SSSR count). The highest BCUT2D eigenvalue weighted by Crippen LogP contribution is 2.28. The summed E-state index contributed by atoms with van der Waals surface area (Å²) < 4.78 is 5.64. The summed E-state index contributed by atoms with van der Waals surface area (Å²) in [6.07, 6.45) is 1.10. The number of carboxylic acid groups (broad SMARTS) is 1. The molecule has 0 radical (unpaired) electrons. The van der Waals surface area contributed by atoms with Crippen molar-refractivity contribution in [1.82, 2.24) is 15.3 Å². The van der Waals surface area contributed by atoms with E-state index in [0.29, 0.717) is 12.8 Å². The van der Waals surface area contributed by atoms with E-state index in [9.17, 15) is 9.59 Å². The van der Waals surface area contributed by atoms with E-state index in [1.165, 1.54) is 4.90 Å². The summed E-state index contributed by atoms with van der Waals surface area (Å²) in [4.78, 5) is 35.2. The topological polar surface area (TPSA) is 105 Å². The number of nitrogens with one attached hydrogen (secondary N) is 1. The Bertz CT molecular complexity index is 1110. The van der Waals surface area contributed by atoms with Gasteiger partial charge in [0.1, 0.15) is 6.61 Å². The van der Waals surface area contributed by atoms with Crippen LogP contribution in [0.1, 0.15) is 36.9 Å². The number of carbonyl (C=O) groups is 2. The van der Waals surface area contributed by atoms with Gasteiger partial charge in [0.15, 0.2) is 0 Å². The van der Waals surface area contributed by atoms with Gasteiger partial charge < -0.3 is 15.2 Å². The molecule has 8 nitrogen and oxygen atoms in total. The molecule has 3 aromatic rings. The lowest BCUT2D eigenvalue weighted by Crippen LogP contribution is -2.49. The minimum Gasteiger partial charge on any atom is -0.465 e. The average molecular weight is 434 g/mol. The first-order valence-electron chi connectivity index (χ1n) is 10.7. The Balaban J connectivity index is 1.64. The highest BCUT2D eigenvalue weighted by atomic mass is 16.6. The zero-order valence-corrected chi connectivity index (χ0v) is 17.9. The molecule has 2 aromatic carbocycles. The molecular weight excluding hydrogens is 408 g/mol. The van der Waals surface area contributed by atoms with Crippen molar-refractivity contribution >= 4 is 29.0 Å². The summed E-state index contributed by atoms with van der Waals surface area (Å²) in [5.74, 6) is 0.278. The van der Waals surface area contributed by atoms with Crippen LogP contribution in [0.3, 0.4) is 0 Å².